The molecule has 47 heavy (non-hydrogen) atoms. The van der Waals surface area contributed by atoms with Crippen LogP contribution in [0, 0.1) is 5.82 Å². The molecule has 4 aromatic carbocycles. The Morgan fingerprint density at radius 1 is 0.872 bits per heavy atom. The van der Waals surface area contributed by atoms with Crippen molar-refractivity contribution < 1.29 is 18.4 Å². The quantitative estimate of drug-likeness (QED) is 0.129. The van der Waals surface area contributed by atoms with E-state index in [1.54, 1.807) is 48.5 Å². The van der Waals surface area contributed by atoms with E-state index in [1.807, 2.05) is 24.3 Å². The highest BCUT2D eigenvalue weighted by molar-refractivity contribution is 8.00. The summed E-state index contributed by atoms with van der Waals surface area (Å²) in [4.78, 5) is 46.6. The number of benzene rings is 4. The molecule has 4 heterocycles. The number of hydrogen-bond donors (Lipinski definition) is 0. The fraction of sp³-hybridized carbons (Fsp3) is 0.0882. The van der Waals surface area contributed by atoms with Crippen LogP contribution in [0.5, 0.6) is 0 Å². The second-order valence-corrected chi connectivity index (χ2v) is 13.9. The Balaban J connectivity index is 1.33. The first-order valence-electron chi connectivity index (χ1n) is 14.2. The van der Waals surface area contributed by atoms with Crippen molar-refractivity contribution in [3.8, 4) is 0 Å². The minimum Gasteiger partial charge on any atom is -0.450 e. The number of amides is 2. The Morgan fingerprint density at radius 3 is 2.34 bits per heavy atom. The smallest absolute Gasteiger partial charge is 0.297 e. The molecule has 2 aromatic heterocycles. The number of carbonyl (C=O) groups is 2. The third kappa shape index (κ3) is 4.52. The third-order valence-electron chi connectivity index (χ3n) is 8.27. The maximum atomic E-state index is 15.1. The molecule has 8 nitrogen and oxygen atoms in total. The molecule has 0 aliphatic carbocycles. The molecule has 0 bridgehead atoms. The van der Waals surface area contributed by atoms with Crippen LogP contribution in [0.2, 0.25) is 10.0 Å². The van der Waals surface area contributed by atoms with Crippen LogP contribution in [0.3, 0.4) is 0 Å². The summed E-state index contributed by atoms with van der Waals surface area (Å²) in [5.74, 6) is -1.84. The molecule has 232 valence electrons. The third-order valence-corrected chi connectivity index (χ3v) is 11.1. The van der Waals surface area contributed by atoms with Gasteiger partial charge in [0, 0.05) is 21.4 Å². The Morgan fingerprint density at radius 2 is 1.57 bits per heavy atom. The second-order valence-electron chi connectivity index (χ2n) is 10.9. The molecule has 6 aromatic rings. The summed E-state index contributed by atoms with van der Waals surface area (Å²) in [6.45, 7) is 0.0528. The van der Waals surface area contributed by atoms with Crippen LogP contribution in [0.4, 0.5) is 15.2 Å². The van der Waals surface area contributed by atoms with Crippen LogP contribution >= 0.6 is 46.3 Å². The zero-order valence-corrected chi connectivity index (χ0v) is 27.1. The maximum absolute atomic E-state index is 15.1. The van der Waals surface area contributed by atoms with Crippen LogP contribution in [0.25, 0.3) is 11.0 Å². The molecule has 1 spiro atoms. The lowest BCUT2D eigenvalue weighted by Gasteiger charge is -2.32. The number of carbonyl (C=O) groups excluding carboxylic acids is 2. The highest BCUT2D eigenvalue weighted by Gasteiger charge is 2.66. The van der Waals surface area contributed by atoms with Gasteiger partial charge in [-0.2, -0.15) is 0 Å². The first-order valence-corrected chi connectivity index (χ1v) is 16.8. The van der Waals surface area contributed by atoms with Gasteiger partial charge in [0.25, 0.3) is 11.8 Å². The van der Waals surface area contributed by atoms with Crippen molar-refractivity contribution >= 4 is 79.9 Å². The van der Waals surface area contributed by atoms with Gasteiger partial charge in [-0.15, -0.1) is 10.2 Å². The Hall–Kier alpha value is -4.55. The van der Waals surface area contributed by atoms with Gasteiger partial charge in [-0.1, -0.05) is 101 Å². The van der Waals surface area contributed by atoms with E-state index in [1.165, 1.54) is 27.6 Å². The van der Waals surface area contributed by atoms with E-state index in [4.69, 9.17) is 27.6 Å². The molecular weight excluding hydrogens is 682 g/mol. The summed E-state index contributed by atoms with van der Waals surface area (Å²) in [6, 6.07) is 24.9. The average Bonchev–Trinajstić information content (AvgIpc) is 3.71. The number of aromatic nitrogens is 2. The summed E-state index contributed by atoms with van der Waals surface area (Å²) < 4.78 is 21.0. The van der Waals surface area contributed by atoms with Crippen LogP contribution in [-0.4, -0.2) is 22.0 Å². The van der Waals surface area contributed by atoms with E-state index >= 15 is 4.79 Å². The van der Waals surface area contributed by atoms with Gasteiger partial charge in [0.15, 0.2) is 15.3 Å². The minimum absolute atomic E-state index is 0.0143. The molecule has 0 saturated heterocycles. The second kappa shape index (κ2) is 11.3. The standard InChI is InChI=1S/C34H19Cl2FN4O4S2/c35-23-10-4-1-7-18(23)16-40-25-12-6-3-9-22(25)34(31(40)44)27-28(42)21-15-20(37)13-14-26(21)45-29(27)30(43)41(34)32-38-39-33(47-32)46-17-19-8-2-5-11-24(19)36/h1-15H,16-17H2. The molecule has 2 aliphatic heterocycles. The predicted molar refractivity (Wildman–Crippen MR) is 180 cm³/mol. The van der Waals surface area contributed by atoms with Gasteiger partial charge in [0.05, 0.1) is 23.2 Å². The summed E-state index contributed by atoms with van der Waals surface area (Å²) in [5, 5.41) is 9.71. The summed E-state index contributed by atoms with van der Waals surface area (Å²) >= 11 is 15.3. The Bertz CT molecular complexity index is 2350. The summed E-state index contributed by atoms with van der Waals surface area (Å²) in [5.41, 5.74) is -0.520. The molecule has 2 aliphatic rings. The van der Waals surface area contributed by atoms with Gasteiger partial charge >= 0.3 is 0 Å². The van der Waals surface area contributed by atoms with E-state index < -0.39 is 28.6 Å². The molecule has 0 saturated carbocycles. The lowest BCUT2D eigenvalue weighted by molar-refractivity contribution is -0.121. The Kier molecular flexibility index (Phi) is 7.17. The first kappa shape index (κ1) is 29.8. The number of halogens is 3. The lowest BCUT2D eigenvalue weighted by Crippen LogP contribution is -2.53. The number of hydrogen-bond acceptors (Lipinski definition) is 8. The van der Waals surface area contributed by atoms with E-state index in [0.717, 1.165) is 29.0 Å². The number of anilines is 2. The van der Waals surface area contributed by atoms with Crippen molar-refractivity contribution in [2.75, 3.05) is 9.80 Å². The highest BCUT2D eigenvalue weighted by atomic mass is 35.5. The van der Waals surface area contributed by atoms with Crippen molar-refractivity contribution in [2.24, 2.45) is 0 Å². The monoisotopic (exact) mass is 700 g/mol. The Labute approximate surface area is 284 Å². The zero-order valence-electron chi connectivity index (χ0n) is 23.9. The molecule has 2 amide bonds. The minimum atomic E-state index is -2.02. The number of nitrogens with zero attached hydrogens (tertiary/aromatic N) is 4. The van der Waals surface area contributed by atoms with Crippen molar-refractivity contribution in [2.45, 2.75) is 22.2 Å². The van der Waals surface area contributed by atoms with Crippen molar-refractivity contribution in [3.05, 3.63) is 145 Å². The van der Waals surface area contributed by atoms with Crippen molar-refractivity contribution in [1.82, 2.24) is 10.2 Å². The fourth-order valence-corrected chi connectivity index (χ4v) is 8.57. The van der Waals surface area contributed by atoms with E-state index in [-0.39, 0.29) is 34.0 Å². The molecule has 13 heteroatoms. The van der Waals surface area contributed by atoms with Crippen LogP contribution in [0.15, 0.2) is 105 Å². The van der Waals surface area contributed by atoms with Crippen molar-refractivity contribution in [3.63, 3.8) is 0 Å². The highest BCUT2D eigenvalue weighted by Crippen LogP contribution is 2.55. The number of thioether (sulfide) groups is 1. The number of para-hydroxylation sites is 1. The fourth-order valence-electron chi connectivity index (χ4n) is 6.20. The number of rotatable bonds is 6. The molecule has 0 fully saturated rings. The predicted octanol–water partition coefficient (Wildman–Crippen LogP) is 7.83. The van der Waals surface area contributed by atoms with Gasteiger partial charge in [0.2, 0.25) is 10.9 Å². The lowest BCUT2D eigenvalue weighted by atomic mass is 9.84. The average molecular weight is 702 g/mol. The van der Waals surface area contributed by atoms with Gasteiger partial charge < -0.3 is 9.32 Å². The van der Waals surface area contributed by atoms with Crippen LogP contribution < -0.4 is 15.2 Å². The molecule has 8 rings (SSSR count). The van der Waals surface area contributed by atoms with Crippen LogP contribution in [-0.2, 0) is 22.6 Å². The zero-order chi connectivity index (χ0) is 32.4. The summed E-state index contributed by atoms with van der Waals surface area (Å²) in [6.07, 6.45) is 0. The molecule has 1 atom stereocenters. The van der Waals surface area contributed by atoms with Crippen molar-refractivity contribution in [1.29, 1.82) is 0 Å². The van der Waals surface area contributed by atoms with Crippen LogP contribution in [0.1, 0.15) is 32.8 Å². The maximum Gasteiger partial charge on any atom is 0.297 e. The number of fused-ring (bicyclic) bond motifs is 5. The van der Waals surface area contributed by atoms with Gasteiger partial charge in [0.1, 0.15) is 11.4 Å². The molecule has 0 N–H and O–H groups in total. The SMILES string of the molecule is O=C1c2oc3ccc(F)cc3c(=O)c2C2(C(=O)N(Cc3ccccc3Cl)c3ccccc32)N1c1nnc(SCc2ccccc2Cl)s1. The normalized spacial score (nSPS) is 16.8. The van der Waals surface area contributed by atoms with Gasteiger partial charge in [-0.3, -0.25) is 19.3 Å². The molecule has 1 unspecified atom stereocenters. The molecule has 0 radical (unpaired) electrons. The van der Waals surface area contributed by atoms with E-state index in [2.05, 4.69) is 10.2 Å². The van der Waals surface area contributed by atoms with Gasteiger partial charge in [-0.25, -0.2) is 4.39 Å². The molecular formula is C34H19Cl2FN4O4S2. The summed E-state index contributed by atoms with van der Waals surface area (Å²) in [7, 11) is 0. The largest absolute Gasteiger partial charge is 0.450 e. The van der Waals surface area contributed by atoms with Gasteiger partial charge in [-0.05, 0) is 47.5 Å². The topological polar surface area (TPSA) is 96.6 Å². The first-order chi connectivity index (χ1) is 22.8. The van der Waals surface area contributed by atoms with E-state index in [0.29, 0.717) is 37.0 Å². The van der Waals surface area contributed by atoms with E-state index in [9.17, 15) is 14.0 Å².